The molecule has 3 N–H and O–H groups in total. The SMILES string of the molecule is CCc1n[nH]c(=O)c(CNC(=O)NC2(CF)CCC2)c1CC. The van der Waals surface area contributed by atoms with Gasteiger partial charge in [0.05, 0.1) is 17.8 Å². The summed E-state index contributed by atoms with van der Waals surface area (Å²) in [5.74, 6) is 0. The van der Waals surface area contributed by atoms with Gasteiger partial charge in [-0.25, -0.2) is 14.3 Å². The molecule has 2 rings (SSSR count). The van der Waals surface area contributed by atoms with Gasteiger partial charge in [0.15, 0.2) is 0 Å². The number of hydrogen-bond donors (Lipinski definition) is 3. The van der Waals surface area contributed by atoms with Crippen LogP contribution in [0.4, 0.5) is 9.18 Å². The van der Waals surface area contributed by atoms with E-state index in [0.717, 1.165) is 17.7 Å². The van der Waals surface area contributed by atoms with Crippen LogP contribution in [-0.2, 0) is 19.4 Å². The van der Waals surface area contributed by atoms with E-state index in [1.165, 1.54) is 0 Å². The standard InChI is InChI=1S/C15H23FN4O2/c1-3-10-11(13(21)20-19-12(10)4-2)8-17-14(22)18-15(9-16)6-5-7-15/h3-9H2,1-2H3,(H,20,21)(H2,17,18,22). The van der Waals surface area contributed by atoms with E-state index in [9.17, 15) is 14.0 Å². The number of carbonyl (C=O) groups excluding carboxylic acids is 1. The number of carbonyl (C=O) groups is 1. The zero-order chi connectivity index (χ0) is 16.2. The first-order valence-corrected chi connectivity index (χ1v) is 7.76. The Hall–Kier alpha value is -1.92. The van der Waals surface area contributed by atoms with E-state index in [4.69, 9.17) is 0 Å². The number of aryl methyl sites for hydroxylation is 1. The van der Waals surface area contributed by atoms with Crippen molar-refractivity contribution >= 4 is 6.03 Å². The smallest absolute Gasteiger partial charge is 0.315 e. The van der Waals surface area contributed by atoms with Crippen LogP contribution < -0.4 is 16.2 Å². The highest BCUT2D eigenvalue weighted by atomic mass is 19.1. The number of hydrogen-bond acceptors (Lipinski definition) is 3. The molecule has 7 heteroatoms. The van der Waals surface area contributed by atoms with E-state index in [2.05, 4.69) is 20.8 Å². The van der Waals surface area contributed by atoms with Gasteiger partial charge in [-0.1, -0.05) is 13.8 Å². The number of urea groups is 1. The summed E-state index contributed by atoms with van der Waals surface area (Å²) >= 11 is 0. The van der Waals surface area contributed by atoms with Crippen LogP contribution in [0, 0.1) is 0 Å². The molecule has 0 saturated heterocycles. The lowest BCUT2D eigenvalue weighted by molar-refractivity contribution is 0.143. The minimum absolute atomic E-state index is 0.113. The Morgan fingerprint density at radius 1 is 1.32 bits per heavy atom. The maximum atomic E-state index is 13.0. The number of nitrogens with one attached hydrogen (secondary N) is 3. The number of aromatic amines is 1. The lowest BCUT2D eigenvalue weighted by Gasteiger charge is -2.40. The van der Waals surface area contributed by atoms with Crippen LogP contribution in [-0.4, -0.2) is 28.4 Å². The fourth-order valence-corrected chi connectivity index (χ4v) is 2.81. The van der Waals surface area contributed by atoms with Gasteiger partial charge in [0, 0.05) is 5.56 Å². The van der Waals surface area contributed by atoms with Crippen molar-refractivity contribution in [2.24, 2.45) is 0 Å². The molecule has 6 nitrogen and oxygen atoms in total. The number of rotatable bonds is 6. The first kappa shape index (κ1) is 16.5. The van der Waals surface area contributed by atoms with Crippen LogP contribution in [0.5, 0.6) is 0 Å². The van der Waals surface area contributed by atoms with Crippen LogP contribution >= 0.6 is 0 Å². The van der Waals surface area contributed by atoms with Crippen LogP contribution in [0.3, 0.4) is 0 Å². The van der Waals surface area contributed by atoms with E-state index in [1.54, 1.807) is 0 Å². The molecule has 0 radical (unpaired) electrons. The summed E-state index contributed by atoms with van der Waals surface area (Å²) in [6.45, 7) is 3.47. The van der Waals surface area contributed by atoms with Gasteiger partial charge in [-0.3, -0.25) is 4.79 Å². The third kappa shape index (κ3) is 3.28. The summed E-state index contributed by atoms with van der Waals surface area (Å²) in [5, 5.41) is 11.8. The highest BCUT2D eigenvalue weighted by Gasteiger charge is 2.38. The second-order valence-electron chi connectivity index (χ2n) is 5.74. The van der Waals surface area contributed by atoms with Gasteiger partial charge in [-0.2, -0.15) is 5.10 Å². The predicted octanol–water partition coefficient (Wildman–Crippen LogP) is 1.59. The second kappa shape index (κ2) is 6.89. The zero-order valence-corrected chi connectivity index (χ0v) is 13.1. The van der Waals surface area contributed by atoms with E-state index in [1.807, 2.05) is 13.8 Å². The van der Waals surface area contributed by atoms with E-state index < -0.39 is 18.2 Å². The Balaban J connectivity index is 2.05. The van der Waals surface area contributed by atoms with Gasteiger partial charge in [0.2, 0.25) is 0 Å². The maximum Gasteiger partial charge on any atom is 0.315 e. The molecule has 0 unspecified atom stereocenters. The molecule has 1 aromatic heterocycles. The van der Waals surface area contributed by atoms with Crippen LogP contribution in [0.15, 0.2) is 4.79 Å². The maximum absolute atomic E-state index is 13.0. The Bertz CT molecular complexity index is 590. The summed E-state index contributed by atoms with van der Waals surface area (Å²) in [6, 6.07) is -0.436. The molecule has 1 heterocycles. The van der Waals surface area contributed by atoms with Gasteiger partial charge in [0.1, 0.15) is 6.67 Å². The molecule has 1 fully saturated rings. The first-order chi connectivity index (χ1) is 10.5. The van der Waals surface area contributed by atoms with E-state index in [-0.39, 0.29) is 12.1 Å². The van der Waals surface area contributed by atoms with Crippen LogP contribution in [0.2, 0.25) is 0 Å². The molecule has 0 bridgehead atoms. The molecule has 1 aromatic rings. The normalized spacial score (nSPS) is 16.0. The summed E-state index contributed by atoms with van der Waals surface area (Å²) in [7, 11) is 0. The minimum Gasteiger partial charge on any atom is -0.334 e. The summed E-state index contributed by atoms with van der Waals surface area (Å²) in [4.78, 5) is 23.9. The van der Waals surface area contributed by atoms with E-state index >= 15 is 0 Å². The molecule has 2 amide bonds. The molecule has 0 aromatic carbocycles. The number of alkyl halides is 1. The fraction of sp³-hybridized carbons (Fsp3) is 0.667. The average Bonchev–Trinajstić information content (AvgIpc) is 2.49. The topological polar surface area (TPSA) is 86.9 Å². The zero-order valence-electron chi connectivity index (χ0n) is 13.1. The Morgan fingerprint density at radius 2 is 2.05 bits per heavy atom. The molecule has 122 valence electrons. The van der Waals surface area contributed by atoms with Crippen molar-refractivity contribution in [2.45, 2.75) is 58.0 Å². The number of aromatic nitrogens is 2. The van der Waals surface area contributed by atoms with Crippen LogP contribution in [0.25, 0.3) is 0 Å². The predicted molar refractivity (Wildman–Crippen MR) is 81.5 cm³/mol. The molecular weight excluding hydrogens is 287 g/mol. The molecule has 1 aliphatic carbocycles. The Kier molecular flexibility index (Phi) is 5.15. The molecule has 22 heavy (non-hydrogen) atoms. The van der Waals surface area contributed by atoms with Crippen molar-refractivity contribution in [3.05, 3.63) is 27.2 Å². The third-order valence-corrected chi connectivity index (χ3v) is 4.34. The van der Waals surface area contributed by atoms with Gasteiger partial charge < -0.3 is 10.6 Å². The highest BCUT2D eigenvalue weighted by Crippen LogP contribution is 2.31. The third-order valence-electron chi connectivity index (χ3n) is 4.34. The molecule has 1 saturated carbocycles. The van der Waals surface area contributed by atoms with E-state index in [0.29, 0.717) is 31.2 Å². The van der Waals surface area contributed by atoms with Crippen molar-refractivity contribution in [1.82, 2.24) is 20.8 Å². The first-order valence-electron chi connectivity index (χ1n) is 7.76. The summed E-state index contributed by atoms with van der Waals surface area (Å²) < 4.78 is 13.0. The van der Waals surface area contributed by atoms with Gasteiger partial charge in [-0.15, -0.1) is 0 Å². The molecule has 0 aliphatic heterocycles. The van der Waals surface area contributed by atoms with Crippen molar-refractivity contribution in [3.8, 4) is 0 Å². The molecule has 1 aliphatic rings. The van der Waals surface area contributed by atoms with Crippen molar-refractivity contribution in [1.29, 1.82) is 0 Å². The monoisotopic (exact) mass is 310 g/mol. The van der Waals surface area contributed by atoms with Crippen molar-refractivity contribution in [3.63, 3.8) is 0 Å². The van der Waals surface area contributed by atoms with Gasteiger partial charge >= 0.3 is 6.03 Å². The van der Waals surface area contributed by atoms with Gasteiger partial charge in [-0.05, 0) is 37.7 Å². The van der Waals surface area contributed by atoms with Crippen molar-refractivity contribution < 1.29 is 9.18 Å². The second-order valence-corrected chi connectivity index (χ2v) is 5.74. The molecule has 0 spiro atoms. The summed E-state index contributed by atoms with van der Waals surface area (Å²) in [6.07, 6.45) is 3.63. The average molecular weight is 310 g/mol. The lowest BCUT2D eigenvalue weighted by Crippen LogP contribution is -2.57. The lowest BCUT2D eigenvalue weighted by atomic mass is 9.78. The number of amides is 2. The number of nitrogens with zero attached hydrogens (tertiary/aromatic N) is 1. The molecule has 0 atom stereocenters. The summed E-state index contributed by atoms with van der Waals surface area (Å²) in [5.41, 5.74) is 1.22. The molecular formula is C15H23FN4O2. The fourth-order valence-electron chi connectivity index (χ4n) is 2.81. The Labute approximate surface area is 128 Å². The number of halogens is 1. The Morgan fingerprint density at radius 3 is 2.55 bits per heavy atom. The van der Waals surface area contributed by atoms with Crippen molar-refractivity contribution in [2.75, 3.05) is 6.67 Å². The number of H-pyrrole nitrogens is 1. The minimum atomic E-state index is -0.711. The highest BCUT2D eigenvalue weighted by molar-refractivity contribution is 5.75. The van der Waals surface area contributed by atoms with Crippen LogP contribution in [0.1, 0.15) is 49.9 Å². The van der Waals surface area contributed by atoms with Gasteiger partial charge in [0.25, 0.3) is 5.56 Å². The largest absolute Gasteiger partial charge is 0.334 e. The quantitative estimate of drug-likeness (QED) is 0.745.